The summed E-state index contributed by atoms with van der Waals surface area (Å²) in [7, 11) is 0. The van der Waals surface area contributed by atoms with E-state index < -0.39 is 0 Å². The summed E-state index contributed by atoms with van der Waals surface area (Å²) in [6, 6.07) is 6.99. The minimum atomic E-state index is 0.0411. The Labute approximate surface area is 157 Å². The average molecular weight is 449 g/mol. The molecule has 1 aliphatic rings. The highest BCUT2D eigenvalue weighted by Crippen LogP contribution is 2.30. The van der Waals surface area contributed by atoms with E-state index in [4.69, 9.17) is 5.73 Å². The van der Waals surface area contributed by atoms with Crippen LogP contribution in [-0.4, -0.2) is 35.2 Å². The van der Waals surface area contributed by atoms with Gasteiger partial charge < -0.3 is 15.7 Å². The van der Waals surface area contributed by atoms with Crippen LogP contribution in [0.3, 0.4) is 0 Å². The molecule has 1 aliphatic heterocycles. The number of anilines is 1. The van der Waals surface area contributed by atoms with Gasteiger partial charge >= 0.3 is 0 Å². The third kappa shape index (κ3) is 2.90. The molecule has 1 aromatic carbocycles. The van der Waals surface area contributed by atoms with Gasteiger partial charge in [0.25, 0.3) is 3.91 Å². The molecule has 25 heavy (non-hydrogen) atoms. The number of nitrogens with zero attached hydrogens (tertiary/aromatic N) is 4. The van der Waals surface area contributed by atoms with Gasteiger partial charge in [-0.05, 0) is 35.2 Å². The van der Waals surface area contributed by atoms with Gasteiger partial charge in [0.1, 0.15) is 5.75 Å². The van der Waals surface area contributed by atoms with Crippen molar-refractivity contribution in [3.8, 4) is 5.75 Å². The van der Waals surface area contributed by atoms with Crippen LogP contribution < -0.4 is 5.73 Å². The Morgan fingerprint density at radius 2 is 2.08 bits per heavy atom. The molecule has 128 valence electrons. The Morgan fingerprint density at radius 1 is 1.32 bits per heavy atom. The summed E-state index contributed by atoms with van der Waals surface area (Å²) in [5.74, 6) is 0.697. The summed E-state index contributed by atoms with van der Waals surface area (Å²) in [6.45, 7) is 1.76. The fourth-order valence-electron chi connectivity index (χ4n) is 3.26. The van der Waals surface area contributed by atoms with Crippen molar-refractivity contribution in [2.75, 3.05) is 12.3 Å². The molecule has 0 radical (unpaired) electrons. The van der Waals surface area contributed by atoms with E-state index in [2.05, 4.69) is 10.1 Å². The number of rotatable bonds is 2. The van der Waals surface area contributed by atoms with Crippen LogP contribution in [0, 0.1) is 0 Å². The van der Waals surface area contributed by atoms with Crippen molar-refractivity contribution in [3.05, 3.63) is 47.2 Å². The SMILES string of the molecule is Nc1nn(Cc2ccc(O)cc2)c2ncc3c(c12)CCN(C(=O)I)C3. The third-order valence-corrected chi connectivity index (χ3v) is 5.18. The molecule has 0 spiro atoms. The van der Waals surface area contributed by atoms with Crippen LogP contribution in [0.15, 0.2) is 30.5 Å². The largest absolute Gasteiger partial charge is 0.508 e. The van der Waals surface area contributed by atoms with Crippen LogP contribution in [-0.2, 0) is 19.5 Å². The zero-order chi connectivity index (χ0) is 17.6. The smallest absolute Gasteiger partial charge is 0.283 e. The van der Waals surface area contributed by atoms with Gasteiger partial charge in [0, 0.05) is 41.9 Å². The molecule has 8 heteroatoms. The predicted molar refractivity (Wildman–Crippen MR) is 103 cm³/mol. The lowest BCUT2D eigenvalue weighted by atomic mass is 9.99. The zero-order valence-electron chi connectivity index (χ0n) is 13.3. The van der Waals surface area contributed by atoms with E-state index in [1.54, 1.807) is 21.7 Å². The highest BCUT2D eigenvalue weighted by atomic mass is 127. The summed E-state index contributed by atoms with van der Waals surface area (Å²) in [6.07, 6.45) is 2.57. The van der Waals surface area contributed by atoms with Crippen molar-refractivity contribution in [1.82, 2.24) is 19.7 Å². The second kappa shape index (κ2) is 6.17. The monoisotopic (exact) mass is 449 g/mol. The normalized spacial score (nSPS) is 13.9. The molecule has 0 bridgehead atoms. The van der Waals surface area contributed by atoms with E-state index in [-0.39, 0.29) is 9.66 Å². The van der Waals surface area contributed by atoms with E-state index >= 15 is 0 Å². The Hall–Kier alpha value is -2.36. The van der Waals surface area contributed by atoms with Crippen molar-refractivity contribution in [2.45, 2.75) is 19.5 Å². The molecular weight excluding hydrogens is 433 g/mol. The van der Waals surface area contributed by atoms with Gasteiger partial charge in [-0.1, -0.05) is 12.1 Å². The van der Waals surface area contributed by atoms with Crippen LogP contribution >= 0.6 is 22.6 Å². The van der Waals surface area contributed by atoms with E-state index in [1.165, 1.54) is 0 Å². The number of nitrogen functional groups attached to an aromatic ring is 1. The molecule has 3 heterocycles. The third-order valence-electron chi connectivity index (χ3n) is 4.49. The topological polar surface area (TPSA) is 97.3 Å². The maximum absolute atomic E-state index is 11.6. The van der Waals surface area contributed by atoms with Crippen LogP contribution in [0.2, 0.25) is 0 Å². The fourth-order valence-corrected chi connectivity index (χ4v) is 3.67. The number of carbonyl (C=O) groups excluding carboxylic acids is 1. The van der Waals surface area contributed by atoms with Gasteiger partial charge in [-0.3, -0.25) is 4.79 Å². The van der Waals surface area contributed by atoms with Gasteiger partial charge in [0.05, 0.1) is 11.9 Å². The predicted octanol–water partition coefficient (Wildman–Crippen LogP) is 2.68. The van der Waals surface area contributed by atoms with Crippen LogP contribution in [0.5, 0.6) is 5.75 Å². The number of hydrogen-bond donors (Lipinski definition) is 2. The number of fused-ring (bicyclic) bond motifs is 3. The highest BCUT2D eigenvalue weighted by molar-refractivity contribution is 14.1. The lowest BCUT2D eigenvalue weighted by molar-refractivity contribution is 0.221. The lowest BCUT2D eigenvalue weighted by Gasteiger charge is -2.27. The summed E-state index contributed by atoms with van der Waals surface area (Å²) in [5, 5.41) is 14.8. The first-order valence-corrected chi connectivity index (χ1v) is 8.96. The number of carbonyl (C=O) groups is 1. The number of benzene rings is 1. The van der Waals surface area contributed by atoms with Gasteiger partial charge in [0.2, 0.25) is 0 Å². The van der Waals surface area contributed by atoms with Crippen molar-refractivity contribution >= 4 is 43.4 Å². The molecule has 3 aromatic rings. The van der Waals surface area contributed by atoms with Gasteiger partial charge in [-0.2, -0.15) is 5.10 Å². The molecule has 0 saturated carbocycles. The average Bonchev–Trinajstić information content (AvgIpc) is 2.92. The van der Waals surface area contributed by atoms with Crippen LogP contribution in [0.4, 0.5) is 10.6 Å². The number of nitrogens with two attached hydrogens (primary N) is 1. The Balaban J connectivity index is 1.74. The van der Waals surface area contributed by atoms with Crippen LogP contribution in [0.1, 0.15) is 16.7 Å². The summed E-state index contributed by atoms with van der Waals surface area (Å²) in [4.78, 5) is 18.0. The second-order valence-electron chi connectivity index (χ2n) is 6.09. The Bertz CT molecular complexity index is 967. The quantitative estimate of drug-likeness (QED) is 0.356. The second-order valence-corrected chi connectivity index (χ2v) is 7.02. The van der Waals surface area contributed by atoms with Gasteiger partial charge in [0.15, 0.2) is 11.5 Å². The lowest BCUT2D eigenvalue weighted by Crippen LogP contribution is -2.32. The molecule has 0 aliphatic carbocycles. The highest BCUT2D eigenvalue weighted by Gasteiger charge is 2.24. The molecule has 7 nitrogen and oxygen atoms in total. The van der Waals surface area contributed by atoms with Crippen molar-refractivity contribution in [2.24, 2.45) is 0 Å². The van der Waals surface area contributed by atoms with E-state index in [0.717, 1.165) is 34.1 Å². The van der Waals surface area contributed by atoms with E-state index in [1.807, 2.05) is 40.9 Å². The van der Waals surface area contributed by atoms with E-state index in [0.29, 0.717) is 25.5 Å². The Kier molecular flexibility index (Phi) is 3.98. The summed E-state index contributed by atoms with van der Waals surface area (Å²) < 4.78 is 1.83. The number of aromatic hydroxyl groups is 1. The summed E-state index contributed by atoms with van der Waals surface area (Å²) in [5.41, 5.74) is 10.1. The number of phenols is 1. The molecular formula is C17H16IN5O2. The van der Waals surface area contributed by atoms with Gasteiger partial charge in [-0.15, -0.1) is 0 Å². The molecule has 0 atom stereocenters. The maximum Gasteiger partial charge on any atom is 0.283 e. The van der Waals surface area contributed by atoms with Crippen molar-refractivity contribution in [1.29, 1.82) is 0 Å². The molecule has 0 unspecified atom stereocenters. The minimum absolute atomic E-state index is 0.0411. The number of pyridine rings is 1. The number of phenolic OH excluding ortho intramolecular Hbond substituents is 1. The first-order chi connectivity index (χ1) is 12.0. The minimum Gasteiger partial charge on any atom is -0.508 e. The molecule has 4 rings (SSSR count). The van der Waals surface area contributed by atoms with Gasteiger partial charge in [-0.25, -0.2) is 9.67 Å². The zero-order valence-corrected chi connectivity index (χ0v) is 15.5. The first kappa shape index (κ1) is 16.1. The fraction of sp³-hybridized carbons (Fsp3) is 0.235. The molecule has 0 fully saturated rings. The standard InChI is InChI=1S/C17H16IN5O2/c18-17(25)22-6-5-13-11(9-22)7-20-16-14(13)15(19)21-23(16)8-10-1-3-12(24)4-2-10/h1-4,7,24H,5-6,8-9H2,(H2,19,21). The summed E-state index contributed by atoms with van der Waals surface area (Å²) >= 11 is 1.81. The molecule has 0 saturated heterocycles. The number of hydrogen-bond acceptors (Lipinski definition) is 5. The number of halogens is 1. The Morgan fingerprint density at radius 3 is 2.80 bits per heavy atom. The molecule has 2 aromatic heterocycles. The molecule has 1 amide bonds. The van der Waals surface area contributed by atoms with Crippen molar-refractivity contribution in [3.63, 3.8) is 0 Å². The van der Waals surface area contributed by atoms with E-state index in [9.17, 15) is 9.90 Å². The first-order valence-electron chi connectivity index (χ1n) is 7.88. The maximum atomic E-state index is 11.6. The van der Waals surface area contributed by atoms with Crippen molar-refractivity contribution < 1.29 is 9.90 Å². The number of aromatic nitrogens is 3. The molecule has 3 N–H and O–H groups in total. The van der Waals surface area contributed by atoms with Crippen LogP contribution in [0.25, 0.3) is 11.0 Å². The number of amides is 1.